The number of nitrogens with one attached hydrogen (secondary N) is 4. The van der Waals surface area contributed by atoms with Gasteiger partial charge in [0.1, 0.15) is 24.7 Å². The van der Waals surface area contributed by atoms with Crippen LogP contribution in [0.2, 0.25) is 0 Å². The molecule has 0 saturated carbocycles. The van der Waals surface area contributed by atoms with Gasteiger partial charge in [-0.05, 0) is 36.5 Å². The molecule has 0 aromatic heterocycles. The summed E-state index contributed by atoms with van der Waals surface area (Å²) in [7, 11) is 0. The number of urea groups is 1. The van der Waals surface area contributed by atoms with Crippen LogP contribution in [0.4, 0.5) is 10.5 Å². The SMILES string of the molecule is CC(C)C(=O)OCc1ccc(NC(=O)C(CCCNC(N)=O)NC(=O)C(NC(=O)C(CN)N2C(=O)CC(C)C2=O)C(C)C)cc1. The summed E-state index contributed by atoms with van der Waals surface area (Å²) < 4.78 is 5.21. The van der Waals surface area contributed by atoms with Crippen LogP contribution < -0.4 is 32.7 Å². The van der Waals surface area contributed by atoms with E-state index in [1.54, 1.807) is 58.9 Å². The molecule has 15 heteroatoms. The van der Waals surface area contributed by atoms with E-state index in [1.807, 2.05) is 0 Å². The molecule has 1 aliphatic heterocycles. The molecular formula is C30H45N7O8. The minimum atomic E-state index is -1.29. The highest BCUT2D eigenvalue weighted by Crippen LogP contribution is 2.21. The van der Waals surface area contributed by atoms with Gasteiger partial charge in [-0.2, -0.15) is 0 Å². The zero-order chi connectivity index (χ0) is 33.8. The van der Waals surface area contributed by atoms with E-state index in [2.05, 4.69) is 21.3 Å². The Hall–Kier alpha value is -4.53. The smallest absolute Gasteiger partial charge is 0.312 e. The van der Waals surface area contributed by atoms with Crippen LogP contribution >= 0.6 is 0 Å². The fourth-order valence-electron chi connectivity index (χ4n) is 4.53. The quantitative estimate of drug-likeness (QED) is 0.0825. The lowest BCUT2D eigenvalue weighted by Gasteiger charge is -2.29. The number of hydrogen-bond acceptors (Lipinski definition) is 9. The molecule has 2 rings (SSSR count). The third-order valence-electron chi connectivity index (χ3n) is 7.17. The number of imide groups is 1. The number of esters is 1. The van der Waals surface area contributed by atoms with Gasteiger partial charge in [0.05, 0.1) is 5.92 Å². The van der Waals surface area contributed by atoms with E-state index in [0.29, 0.717) is 11.3 Å². The van der Waals surface area contributed by atoms with Gasteiger partial charge in [-0.3, -0.25) is 33.7 Å². The predicted octanol–water partition coefficient (Wildman–Crippen LogP) is 0.121. The van der Waals surface area contributed by atoms with Crippen molar-refractivity contribution in [2.45, 2.75) is 78.6 Å². The molecular weight excluding hydrogens is 586 g/mol. The number of likely N-dealkylation sites (tertiary alicyclic amines) is 1. The maximum atomic E-state index is 13.4. The molecule has 1 saturated heterocycles. The Labute approximate surface area is 262 Å². The molecule has 15 nitrogen and oxygen atoms in total. The summed E-state index contributed by atoms with van der Waals surface area (Å²) in [6.07, 6.45) is 0.360. The van der Waals surface area contributed by atoms with Crippen LogP contribution in [-0.4, -0.2) is 77.7 Å². The fourth-order valence-corrected chi connectivity index (χ4v) is 4.53. The molecule has 1 aromatic carbocycles. The average molecular weight is 632 g/mol. The average Bonchev–Trinajstić information content (AvgIpc) is 3.22. The molecule has 1 aliphatic rings. The van der Waals surface area contributed by atoms with Gasteiger partial charge in [-0.25, -0.2) is 4.79 Å². The number of benzene rings is 1. The number of anilines is 1. The predicted molar refractivity (Wildman–Crippen MR) is 164 cm³/mol. The van der Waals surface area contributed by atoms with Crippen molar-refractivity contribution in [3.63, 3.8) is 0 Å². The summed E-state index contributed by atoms with van der Waals surface area (Å²) in [6.45, 7) is 8.30. The number of carbonyl (C=O) groups excluding carboxylic acids is 7. The number of nitrogens with two attached hydrogens (primary N) is 2. The Morgan fingerprint density at radius 1 is 0.978 bits per heavy atom. The van der Waals surface area contributed by atoms with Gasteiger partial charge < -0.3 is 37.5 Å². The maximum Gasteiger partial charge on any atom is 0.312 e. The zero-order valence-electron chi connectivity index (χ0n) is 26.4. The molecule has 1 fully saturated rings. The van der Waals surface area contributed by atoms with E-state index in [9.17, 15) is 33.6 Å². The third-order valence-corrected chi connectivity index (χ3v) is 7.17. The van der Waals surface area contributed by atoms with E-state index in [0.717, 1.165) is 4.90 Å². The van der Waals surface area contributed by atoms with E-state index in [1.165, 1.54) is 0 Å². The van der Waals surface area contributed by atoms with Crippen LogP contribution in [-0.2, 0) is 40.1 Å². The highest BCUT2D eigenvalue weighted by molar-refractivity contribution is 6.07. The second-order valence-electron chi connectivity index (χ2n) is 11.6. The van der Waals surface area contributed by atoms with Crippen LogP contribution in [0.15, 0.2) is 24.3 Å². The Kier molecular flexibility index (Phi) is 13.9. The minimum absolute atomic E-state index is 0.0353. The Bertz CT molecular complexity index is 1250. The second-order valence-corrected chi connectivity index (χ2v) is 11.6. The molecule has 4 unspecified atom stereocenters. The Morgan fingerprint density at radius 2 is 1.62 bits per heavy atom. The van der Waals surface area contributed by atoms with Gasteiger partial charge in [0, 0.05) is 31.1 Å². The molecule has 7 amide bonds. The van der Waals surface area contributed by atoms with Gasteiger partial charge in [0.15, 0.2) is 0 Å². The van der Waals surface area contributed by atoms with Crippen molar-refractivity contribution < 1.29 is 38.3 Å². The van der Waals surface area contributed by atoms with Crippen molar-refractivity contribution in [3.05, 3.63) is 29.8 Å². The molecule has 0 aliphatic carbocycles. The topological polar surface area (TPSA) is 232 Å². The number of carbonyl (C=O) groups is 7. The first-order valence-corrected chi connectivity index (χ1v) is 14.9. The fraction of sp³-hybridized carbons (Fsp3) is 0.567. The molecule has 0 spiro atoms. The standard InChI is InChI=1S/C30H45N7O8/c1-16(2)24(36-26(40)22(14-31)37-23(38)13-18(5)28(37)42)27(41)35-21(7-6-12-33-30(32)44)25(39)34-20-10-8-19(9-11-20)15-45-29(43)17(3)4/h8-11,16-18,21-22,24H,6-7,12-15,31H2,1-5H3,(H,34,39)(H,35,41)(H,36,40)(H3,32,33,44). The minimum Gasteiger partial charge on any atom is -0.461 e. The van der Waals surface area contributed by atoms with Crippen molar-refractivity contribution in [1.29, 1.82) is 0 Å². The summed E-state index contributed by atoms with van der Waals surface area (Å²) in [5.74, 6) is -4.66. The number of amides is 7. The lowest BCUT2D eigenvalue weighted by molar-refractivity contribution is -0.149. The molecule has 248 valence electrons. The van der Waals surface area contributed by atoms with Crippen LogP contribution in [0.25, 0.3) is 0 Å². The van der Waals surface area contributed by atoms with Crippen LogP contribution in [0, 0.1) is 17.8 Å². The molecule has 4 atom stereocenters. The zero-order valence-corrected chi connectivity index (χ0v) is 26.4. The number of nitrogens with zero attached hydrogens (tertiary/aromatic N) is 1. The normalized spacial score (nSPS) is 16.6. The van der Waals surface area contributed by atoms with Gasteiger partial charge in [0.2, 0.25) is 29.5 Å². The van der Waals surface area contributed by atoms with E-state index in [-0.39, 0.29) is 50.8 Å². The number of ether oxygens (including phenoxy) is 1. The number of hydrogen-bond donors (Lipinski definition) is 6. The van der Waals surface area contributed by atoms with Crippen molar-refractivity contribution in [3.8, 4) is 0 Å². The highest BCUT2D eigenvalue weighted by Gasteiger charge is 2.43. The Morgan fingerprint density at radius 3 is 2.13 bits per heavy atom. The van der Waals surface area contributed by atoms with Gasteiger partial charge in [0.25, 0.3) is 0 Å². The van der Waals surface area contributed by atoms with Crippen LogP contribution in [0.5, 0.6) is 0 Å². The molecule has 0 bridgehead atoms. The van der Waals surface area contributed by atoms with Crippen molar-refractivity contribution in [2.24, 2.45) is 29.2 Å². The van der Waals surface area contributed by atoms with Crippen molar-refractivity contribution in [1.82, 2.24) is 20.9 Å². The van der Waals surface area contributed by atoms with Gasteiger partial charge in [-0.15, -0.1) is 0 Å². The monoisotopic (exact) mass is 631 g/mol. The summed E-state index contributed by atoms with van der Waals surface area (Å²) in [6, 6.07) is 2.37. The number of primary amides is 1. The summed E-state index contributed by atoms with van der Waals surface area (Å²) in [5, 5.41) is 10.4. The first-order valence-electron chi connectivity index (χ1n) is 14.9. The van der Waals surface area contributed by atoms with E-state index >= 15 is 0 Å². The number of rotatable bonds is 16. The first kappa shape index (κ1) is 36.7. The molecule has 8 N–H and O–H groups in total. The second kappa shape index (κ2) is 17.1. The molecule has 45 heavy (non-hydrogen) atoms. The molecule has 1 aromatic rings. The van der Waals surface area contributed by atoms with Crippen LogP contribution in [0.3, 0.4) is 0 Å². The van der Waals surface area contributed by atoms with Gasteiger partial charge in [-0.1, -0.05) is 46.8 Å². The van der Waals surface area contributed by atoms with E-state index < -0.39 is 65.5 Å². The largest absolute Gasteiger partial charge is 0.461 e. The van der Waals surface area contributed by atoms with Crippen LogP contribution in [0.1, 0.15) is 59.4 Å². The molecule has 1 heterocycles. The van der Waals surface area contributed by atoms with Crippen molar-refractivity contribution >= 4 is 47.2 Å². The highest BCUT2D eigenvalue weighted by atomic mass is 16.5. The maximum absolute atomic E-state index is 13.4. The lowest BCUT2D eigenvalue weighted by atomic mass is 10.0. The first-order chi connectivity index (χ1) is 21.2. The molecule has 0 radical (unpaired) electrons. The third kappa shape index (κ3) is 10.8. The van der Waals surface area contributed by atoms with E-state index in [4.69, 9.17) is 16.2 Å². The lowest BCUT2D eigenvalue weighted by Crippen LogP contribution is -2.60. The summed E-state index contributed by atoms with van der Waals surface area (Å²) >= 11 is 0. The summed E-state index contributed by atoms with van der Waals surface area (Å²) in [4.78, 5) is 88.5. The van der Waals surface area contributed by atoms with Crippen molar-refractivity contribution in [2.75, 3.05) is 18.4 Å². The Balaban J connectivity index is 2.15. The summed E-state index contributed by atoms with van der Waals surface area (Å²) in [5.41, 5.74) is 12.0. The van der Waals surface area contributed by atoms with Gasteiger partial charge >= 0.3 is 12.0 Å².